The molecule has 3 rings (SSSR count). The summed E-state index contributed by atoms with van der Waals surface area (Å²) in [6.45, 7) is 0. The minimum absolute atomic E-state index is 0.279. The van der Waals surface area contributed by atoms with E-state index in [0.29, 0.717) is 16.7 Å². The SMILES string of the molecule is O=C1NC(=O)C(c2ccc(F)cc2)=C1c1ccccc1. The van der Waals surface area contributed by atoms with Crippen molar-refractivity contribution in [2.45, 2.75) is 0 Å². The maximum atomic E-state index is 13.0. The van der Waals surface area contributed by atoms with E-state index in [1.165, 1.54) is 24.3 Å². The maximum absolute atomic E-state index is 13.0. The fraction of sp³-hybridized carbons (Fsp3) is 0. The largest absolute Gasteiger partial charge is 0.288 e. The van der Waals surface area contributed by atoms with Crippen LogP contribution in [-0.4, -0.2) is 11.8 Å². The molecule has 0 aliphatic carbocycles. The zero-order valence-corrected chi connectivity index (χ0v) is 10.4. The predicted molar refractivity (Wildman–Crippen MR) is 72.8 cm³/mol. The molecule has 20 heavy (non-hydrogen) atoms. The highest BCUT2D eigenvalue weighted by atomic mass is 19.1. The van der Waals surface area contributed by atoms with Gasteiger partial charge in [0.2, 0.25) is 0 Å². The molecule has 0 atom stereocenters. The van der Waals surface area contributed by atoms with Crippen LogP contribution in [0.4, 0.5) is 4.39 Å². The summed E-state index contributed by atoms with van der Waals surface area (Å²) in [6, 6.07) is 14.4. The summed E-state index contributed by atoms with van der Waals surface area (Å²) < 4.78 is 13.0. The number of hydrogen-bond donors (Lipinski definition) is 1. The zero-order chi connectivity index (χ0) is 14.1. The molecule has 2 aromatic carbocycles. The zero-order valence-electron chi connectivity index (χ0n) is 10.4. The van der Waals surface area contributed by atoms with Crippen molar-refractivity contribution >= 4 is 23.0 Å². The van der Waals surface area contributed by atoms with Crippen molar-refractivity contribution in [3.63, 3.8) is 0 Å². The lowest BCUT2D eigenvalue weighted by Crippen LogP contribution is -2.22. The summed E-state index contributed by atoms with van der Waals surface area (Å²) >= 11 is 0. The molecule has 0 spiro atoms. The molecule has 0 unspecified atom stereocenters. The van der Waals surface area contributed by atoms with Crippen molar-refractivity contribution in [1.29, 1.82) is 0 Å². The average Bonchev–Trinajstić information content (AvgIpc) is 2.75. The third-order valence-corrected chi connectivity index (χ3v) is 3.13. The first-order valence-corrected chi connectivity index (χ1v) is 6.08. The number of benzene rings is 2. The molecule has 2 aromatic rings. The van der Waals surface area contributed by atoms with E-state index in [0.717, 1.165) is 0 Å². The smallest absolute Gasteiger partial charge is 0.259 e. The molecule has 0 saturated heterocycles. The third-order valence-electron chi connectivity index (χ3n) is 3.13. The number of amides is 2. The average molecular weight is 267 g/mol. The van der Waals surface area contributed by atoms with Crippen LogP contribution < -0.4 is 5.32 Å². The van der Waals surface area contributed by atoms with Gasteiger partial charge in [0.25, 0.3) is 11.8 Å². The number of nitrogens with one attached hydrogen (secondary N) is 1. The Kier molecular flexibility index (Phi) is 2.91. The van der Waals surface area contributed by atoms with E-state index in [-0.39, 0.29) is 11.4 Å². The van der Waals surface area contributed by atoms with Crippen molar-refractivity contribution < 1.29 is 14.0 Å². The fourth-order valence-electron chi connectivity index (χ4n) is 2.23. The highest BCUT2D eigenvalue weighted by Gasteiger charge is 2.31. The number of carbonyl (C=O) groups is 2. The van der Waals surface area contributed by atoms with Crippen LogP contribution in [0.5, 0.6) is 0 Å². The van der Waals surface area contributed by atoms with Crippen molar-refractivity contribution in [2.75, 3.05) is 0 Å². The summed E-state index contributed by atoms with van der Waals surface area (Å²) in [7, 11) is 0. The van der Waals surface area contributed by atoms with Gasteiger partial charge in [-0.25, -0.2) is 4.39 Å². The van der Waals surface area contributed by atoms with Gasteiger partial charge in [-0.15, -0.1) is 0 Å². The third kappa shape index (κ3) is 2.01. The first-order chi connectivity index (χ1) is 9.66. The normalized spacial score (nSPS) is 14.7. The predicted octanol–water partition coefficient (Wildman–Crippen LogP) is 2.39. The van der Waals surface area contributed by atoms with Gasteiger partial charge in [0.15, 0.2) is 0 Å². The molecule has 1 N–H and O–H groups in total. The molecule has 1 aliphatic rings. The monoisotopic (exact) mass is 267 g/mol. The van der Waals surface area contributed by atoms with Gasteiger partial charge in [0.1, 0.15) is 5.82 Å². The lowest BCUT2D eigenvalue weighted by molar-refractivity contribution is -0.122. The van der Waals surface area contributed by atoms with E-state index in [2.05, 4.69) is 5.32 Å². The van der Waals surface area contributed by atoms with E-state index in [1.54, 1.807) is 24.3 Å². The first kappa shape index (κ1) is 12.3. The standard InChI is InChI=1S/C16H10FNO2/c17-12-8-6-11(7-9-12)14-13(15(19)18-16(14)20)10-4-2-1-3-5-10/h1-9H,(H,18,19,20). The lowest BCUT2D eigenvalue weighted by atomic mass is 9.96. The Morgan fingerprint density at radius 3 is 1.75 bits per heavy atom. The van der Waals surface area contributed by atoms with E-state index in [1.807, 2.05) is 6.07 Å². The fourth-order valence-corrected chi connectivity index (χ4v) is 2.23. The summed E-state index contributed by atoms with van der Waals surface area (Å²) in [5.74, 6) is -1.28. The molecule has 2 amide bonds. The van der Waals surface area contributed by atoms with Gasteiger partial charge in [-0.1, -0.05) is 42.5 Å². The molecule has 3 nitrogen and oxygen atoms in total. The molecule has 98 valence electrons. The van der Waals surface area contributed by atoms with E-state index >= 15 is 0 Å². The van der Waals surface area contributed by atoms with Crippen LogP contribution in [0, 0.1) is 5.82 Å². The second-order valence-corrected chi connectivity index (χ2v) is 4.41. The summed E-state index contributed by atoms with van der Waals surface area (Å²) in [6.07, 6.45) is 0. The number of hydrogen-bond acceptors (Lipinski definition) is 2. The number of halogens is 1. The van der Waals surface area contributed by atoms with Crippen LogP contribution in [0.1, 0.15) is 11.1 Å². The Balaban J connectivity index is 2.21. The van der Waals surface area contributed by atoms with Gasteiger partial charge >= 0.3 is 0 Å². The van der Waals surface area contributed by atoms with E-state index in [4.69, 9.17) is 0 Å². The van der Waals surface area contributed by atoms with Crippen LogP contribution in [0.2, 0.25) is 0 Å². The van der Waals surface area contributed by atoms with Crippen molar-refractivity contribution in [2.24, 2.45) is 0 Å². The molecule has 1 aliphatic heterocycles. The Bertz CT molecular complexity index is 718. The molecular weight excluding hydrogens is 257 g/mol. The molecule has 0 bridgehead atoms. The van der Waals surface area contributed by atoms with Crippen LogP contribution in [0.25, 0.3) is 11.1 Å². The van der Waals surface area contributed by atoms with Crippen LogP contribution >= 0.6 is 0 Å². The van der Waals surface area contributed by atoms with Gasteiger partial charge in [-0.3, -0.25) is 14.9 Å². The maximum Gasteiger partial charge on any atom is 0.259 e. The molecule has 1 heterocycles. The van der Waals surface area contributed by atoms with E-state index < -0.39 is 11.8 Å². The van der Waals surface area contributed by atoms with Crippen molar-refractivity contribution in [3.8, 4) is 0 Å². The second kappa shape index (κ2) is 4.74. The Morgan fingerprint density at radius 1 is 0.700 bits per heavy atom. The summed E-state index contributed by atoms with van der Waals surface area (Å²) in [5, 5.41) is 2.28. The topological polar surface area (TPSA) is 46.2 Å². The van der Waals surface area contributed by atoms with Crippen LogP contribution in [0.3, 0.4) is 0 Å². The minimum Gasteiger partial charge on any atom is -0.288 e. The Labute approximate surface area is 114 Å². The summed E-state index contributed by atoms with van der Waals surface area (Å²) in [4.78, 5) is 23.9. The van der Waals surface area contributed by atoms with Crippen molar-refractivity contribution in [3.05, 3.63) is 71.5 Å². The van der Waals surface area contributed by atoms with E-state index in [9.17, 15) is 14.0 Å². The molecule has 0 aromatic heterocycles. The second-order valence-electron chi connectivity index (χ2n) is 4.41. The van der Waals surface area contributed by atoms with Gasteiger partial charge in [0, 0.05) is 0 Å². The van der Waals surface area contributed by atoms with Crippen LogP contribution in [0.15, 0.2) is 54.6 Å². The van der Waals surface area contributed by atoms with Gasteiger partial charge in [0.05, 0.1) is 11.1 Å². The first-order valence-electron chi connectivity index (χ1n) is 6.08. The molecular formula is C16H10FNO2. The number of imide groups is 1. The highest BCUT2D eigenvalue weighted by molar-refractivity contribution is 6.49. The Morgan fingerprint density at radius 2 is 1.20 bits per heavy atom. The number of rotatable bonds is 2. The summed E-state index contributed by atoms with van der Waals surface area (Å²) in [5.41, 5.74) is 1.78. The molecule has 0 radical (unpaired) electrons. The lowest BCUT2D eigenvalue weighted by Gasteiger charge is -2.04. The quantitative estimate of drug-likeness (QED) is 0.849. The van der Waals surface area contributed by atoms with Gasteiger partial charge in [-0.05, 0) is 23.3 Å². The highest BCUT2D eigenvalue weighted by Crippen LogP contribution is 2.30. The molecule has 0 fully saturated rings. The molecule has 4 heteroatoms. The van der Waals surface area contributed by atoms with Crippen LogP contribution in [-0.2, 0) is 9.59 Å². The molecule has 0 saturated carbocycles. The minimum atomic E-state index is -0.458. The Hall–Kier alpha value is -2.75. The number of carbonyl (C=O) groups excluding carboxylic acids is 2. The van der Waals surface area contributed by atoms with Crippen molar-refractivity contribution in [1.82, 2.24) is 5.32 Å². The van der Waals surface area contributed by atoms with Gasteiger partial charge in [-0.2, -0.15) is 0 Å². The van der Waals surface area contributed by atoms with Gasteiger partial charge < -0.3 is 0 Å².